The van der Waals surface area contributed by atoms with Crippen molar-refractivity contribution < 1.29 is 15.0 Å². The maximum absolute atomic E-state index is 12.3. The number of aliphatic hydroxyl groups excluding tert-OH is 2. The van der Waals surface area contributed by atoms with Gasteiger partial charge in [-0.3, -0.25) is 4.79 Å². The molecule has 0 aliphatic heterocycles. The Balaban J connectivity index is 3.59. The number of amides is 1. The summed E-state index contributed by atoms with van der Waals surface area (Å²) in [5.41, 5.74) is 0. The molecule has 0 rings (SSSR count). The van der Waals surface area contributed by atoms with Crippen molar-refractivity contribution in [1.82, 2.24) is 5.32 Å². The second-order valence-corrected chi connectivity index (χ2v) is 12.6. The molecule has 0 aromatic heterocycles. The van der Waals surface area contributed by atoms with E-state index in [0.717, 1.165) is 25.7 Å². The van der Waals surface area contributed by atoms with Gasteiger partial charge in [-0.15, -0.1) is 0 Å². The zero-order valence-corrected chi connectivity index (χ0v) is 28.3. The molecule has 1 amide bonds. The van der Waals surface area contributed by atoms with Crippen molar-refractivity contribution in [3.05, 3.63) is 24.3 Å². The number of carbonyl (C=O) groups excluding carboxylic acids is 1. The van der Waals surface area contributed by atoms with Gasteiger partial charge in [0.1, 0.15) is 0 Å². The van der Waals surface area contributed by atoms with Crippen LogP contribution in [0.1, 0.15) is 194 Å². The van der Waals surface area contributed by atoms with E-state index in [4.69, 9.17) is 0 Å². The highest BCUT2D eigenvalue weighted by molar-refractivity contribution is 5.76. The fraction of sp³-hybridized carbons (Fsp3) is 0.868. The van der Waals surface area contributed by atoms with Gasteiger partial charge in [-0.1, -0.05) is 173 Å². The third kappa shape index (κ3) is 30.3. The Kier molecular flexibility index (Phi) is 33.4. The number of hydrogen-bond acceptors (Lipinski definition) is 3. The summed E-state index contributed by atoms with van der Waals surface area (Å²) < 4.78 is 0. The molecule has 2 atom stereocenters. The van der Waals surface area contributed by atoms with Crippen LogP contribution in [0.25, 0.3) is 0 Å². The molecule has 3 N–H and O–H groups in total. The van der Waals surface area contributed by atoms with Crippen LogP contribution in [0, 0.1) is 0 Å². The van der Waals surface area contributed by atoms with E-state index >= 15 is 0 Å². The Morgan fingerprint density at radius 1 is 0.548 bits per heavy atom. The van der Waals surface area contributed by atoms with Crippen LogP contribution in [-0.4, -0.2) is 34.9 Å². The van der Waals surface area contributed by atoms with E-state index in [0.29, 0.717) is 6.42 Å². The number of nitrogens with one attached hydrogen (secondary N) is 1. The van der Waals surface area contributed by atoms with Gasteiger partial charge in [0.05, 0.1) is 18.8 Å². The Hall–Kier alpha value is -1.13. The quantitative estimate of drug-likeness (QED) is 0.0525. The molecule has 0 fully saturated rings. The minimum Gasteiger partial charge on any atom is -0.394 e. The van der Waals surface area contributed by atoms with Crippen molar-refractivity contribution in [2.75, 3.05) is 6.61 Å². The van der Waals surface area contributed by atoms with Gasteiger partial charge in [-0.2, -0.15) is 0 Å². The minimum absolute atomic E-state index is 0.0664. The third-order valence-corrected chi connectivity index (χ3v) is 8.41. The van der Waals surface area contributed by atoms with Gasteiger partial charge in [0.2, 0.25) is 5.91 Å². The molecule has 0 aliphatic carbocycles. The van der Waals surface area contributed by atoms with Crippen molar-refractivity contribution in [3.63, 3.8) is 0 Å². The fourth-order valence-corrected chi connectivity index (χ4v) is 5.53. The van der Waals surface area contributed by atoms with Crippen LogP contribution in [0.4, 0.5) is 0 Å². The topological polar surface area (TPSA) is 69.6 Å². The highest BCUT2D eigenvalue weighted by Crippen LogP contribution is 2.15. The van der Waals surface area contributed by atoms with Gasteiger partial charge in [0.15, 0.2) is 0 Å². The van der Waals surface area contributed by atoms with Crippen molar-refractivity contribution in [3.8, 4) is 0 Å². The predicted octanol–water partition coefficient (Wildman–Crippen LogP) is 10.9. The Bertz CT molecular complexity index is 603. The van der Waals surface area contributed by atoms with Crippen LogP contribution in [0.3, 0.4) is 0 Å². The molecule has 0 saturated heterocycles. The lowest BCUT2D eigenvalue weighted by molar-refractivity contribution is -0.123. The summed E-state index contributed by atoms with van der Waals surface area (Å²) in [6.07, 6.45) is 42.6. The van der Waals surface area contributed by atoms with Crippen LogP contribution < -0.4 is 5.32 Å². The van der Waals surface area contributed by atoms with Gasteiger partial charge in [-0.05, 0) is 38.5 Å². The van der Waals surface area contributed by atoms with E-state index in [1.807, 2.05) is 6.08 Å². The molecular weight excluding hydrogens is 518 g/mol. The number of carbonyl (C=O) groups is 1. The summed E-state index contributed by atoms with van der Waals surface area (Å²) in [6, 6.07) is -0.620. The Morgan fingerprint density at radius 2 is 0.952 bits per heavy atom. The average molecular weight is 592 g/mol. The van der Waals surface area contributed by atoms with E-state index in [-0.39, 0.29) is 12.5 Å². The molecule has 0 bridgehead atoms. The summed E-state index contributed by atoms with van der Waals surface area (Å²) in [4.78, 5) is 12.3. The lowest BCUT2D eigenvalue weighted by atomic mass is 10.0. The highest BCUT2D eigenvalue weighted by Gasteiger charge is 2.17. The first-order valence-electron chi connectivity index (χ1n) is 18.6. The van der Waals surface area contributed by atoms with Crippen LogP contribution in [-0.2, 0) is 4.79 Å². The number of allylic oxidation sites excluding steroid dienone is 3. The smallest absolute Gasteiger partial charge is 0.220 e. The molecule has 0 saturated carbocycles. The lowest BCUT2D eigenvalue weighted by Crippen LogP contribution is -2.45. The molecule has 0 spiro atoms. The van der Waals surface area contributed by atoms with Gasteiger partial charge < -0.3 is 15.5 Å². The van der Waals surface area contributed by atoms with Gasteiger partial charge >= 0.3 is 0 Å². The maximum Gasteiger partial charge on any atom is 0.220 e. The number of aliphatic hydroxyl groups is 2. The molecule has 4 heteroatoms. The van der Waals surface area contributed by atoms with Gasteiger partial charge in [0, 0.05) is 6.42 Å². The SMILES string of the molecule is CCC/C=C/CCCCCCCC/C=C/[C@@H](O)[C@H](CO)NC(=O)CCCCCCCCCCCCCCCCCCC. The van der Waals surface area contributed by atoms with Crippen molar-refractivity contribution in [1.29, 1.82) is 0 Å². The molecule has 0 aliphatic rings. The molecule has 4 nitrogen and oxygen atoms in total. The van der Waals surface area contributed by atoms with Crippen LogP contribution in [0.15, 0.2) is 24.3 Å². The van der Waals surface area contributed by atoms with E-state index in [1.165, 1.54) is 148 Å². The van der Waals surface area contributed by atoms with Crippen LogP contribution >= 0.6 is 0 Å². The molecule has 0 aromatic rings. The summed E-state index contributed by atoms with van der Waals surface area (Å²) in [5, 5.41) is 22.9. The predicted molar refractivity (Wildman–Crippen MR) is 184 cm³/mol. The van der Waals surface area contributed by atoms with E-state index in [9.17, 15) is 15.0 Å². The lowest BCUT2D eigenvalue weighted by Gasteiger charge is -2.20. The molecule has 42 heavy (non-hydrogen) atoms. The third-order valence-electron chi connectivity index (χ3n) is 8.41. The highest BCUT2D eigenvalue weighted by atomic mass is 16.3. The van der Waals surface area contributed by atoms with E-state index in [2.05, 4.69) is 31.3 Å². The first kappa shape index (κ1) is 40.9. The monoisotopic (exact) mass is 592 g/mol. The zero-order chi connectivity index (χ0) is 30.8. The van der Waals surface area contributed by atoms with Crippen molar-refractivity contribution in [2.45, 2.75) is 206 Å². The normalized spacial score (nSPS) is 13.3. The van der Waals surface area contributed by atoms with Crippen molar-refractivity contribution in [2.24, 2.45) is 0 Å². The largest absolute Gasteiger partial charge is 0.394 e. The Labute approximate surface area is 262 Å². The number of rotatable bonds is 33. The average Bonchev–Trinajstić information content (AvgIpc) is 2.99. The molecule has 0 heterocycles. The van der Waals surface area contributed by atoms with E-state index < -0.39 is 12.1 Å². The van der Waals surface area contributed by atoms with Gasteiger partial charge in [-0.25, -0.2) is 0 Å². The molecule has 248 valence electrons. The summed E-state index contributed by atoms with van der Waals surface area (Å²) >= 11 is 0. The second kappa shape index (κ2) is 34.4. The van der Waals surface area contributed by atoms with Crippen LogP contribution in [0.2, 0.25) is 0 Å². The molecule has 0 radical (unpaired) electrons. The van der Waals surface area contributed by atoms with E-state index in [1.54, 1.807) is 6.08 Å². The number of unbranched alkanes of at least 4 members (excludes halogenated alkanes) is 24. The summed E-state index contributed by atoms with van der Waals surface area (Å²) in [6.45, 7) is 4.25. The second-order valence-electron chi connectivity index (χ2n) is 12.6. The van der Waals surface area contributed by atoms with Crippen LogP contribution in [0.5, 0.6) is 0 Å². The number of hydrogen-bond donors (Lipinski definition) is 3. The first-order chi connectivity index (χ1) is 20.7. The summed E-state index contributed by atoms with van der Waals surface area (Å²) in [5.74, 6) is -0.0664. The van der Waals surface area contributed by atoms with Crippen molar-refractivity contribution >= 4 is 5.91 Å². The zero-order valence-electron chi connectivity index (χ0n) is 28.3. The first-order valence-corrected chi connectivity index (χ1v) is 18.6. The molecule has 0 unspecified atom stereocenters. The molecule has 0 aromatic carbocycles. The molecular formula is C38H73NO3. The maximum atomic E-state index is 12.3. The fourth-order valence-electron chi connectivity index (χ4n) is 5.53. The minimum atomic E-state index is -0.838. The van der Waals surface area contributed by atoms with Gasteiger partial charge in [0.25, 0.3) is 0 Å². The standard InChI is InChI=1S/C38H73NO3/c1-3-5-7-9-11-13-15-17-18-19-20-22-24-26-28-30-32-34-38(42)39-36(35-40)37(41)33-31-29-27-25-23-21-16-14-12-10-8-6-4-2/h8,10,31,33,36-37,40-41H,3-7,9,11-30,32,34-35H2,1-2H3,(H,39,42)/b10-8+,33-31+/t36-,37+/m0/s1. The summed E-state index contributed by atoms with van der Waals surface area (Å²) in [7, 11) is 0. The Morgan fingerprint density at radius 3 is 1.40 bits per heavy atom.